The summed E-state index contributed by atoms with van der Waals surface area (Å²) in [6.45, 7) is 39.6. The van der Waals surface area contributed by atoms with E-state index < -0.39 is 0 Å². The van der Waals surface area contributed by atoms with Crippen molar-refractivity contribution in [3.05, 3.63) is 70.8 Å². The van der Waals surface area contributed by atoms with Gasteiger partial charge in [-0.3, -0.25) is 0 Å². The Bertz CT molecular complexity index is 2080. The Balaban J connectivity index is 0.000000790. The first kappa shape index (κ1) is 49.6. The minimum Gasteiger partial charge on any atom is -0.871 e. The monoisotopic (exact) mass is 888 g/mol. The third-order valence-corrected chi connectivity index (χ3v) is 15.6. The van der Waals surface area contributed by atoms with Crippen molar-refractivity contribution >= 4 is 47.0 Å². The van der Waals surface area contributed by atoms with Gasteiger partial charge < -0.3 is 24.5 Å². The number of aromatic hydroxyl groups is 2. The smallest absolute Gasteiger partial charge is 0.174 e. The number of benzene rings is 4. The van der Waals surface area contributed by atoms with Crippen LogP contribution < -0.4 is 9.84 Å². The molecule has 4 aromatic carbocycles. The Labute approximate surface area is 378 Å². The molecule has 1 aliphatic heterocycles. The normalized spacial score (nSPS) is 13.6. The van der Waals surface area contributed by atoms with Crippen molar-refractivity contribution in [1.82, 2.24) is 0 Å². The van der Waals surface area contributed by atoms with Gasteiger partial charge in [-0.25, -0.2) is 0 Å². The van der Waals surface area contributed by atoms with E-state index in [0.29, 0.717) is 40.0 Å². The van der Waals surface area contributed by atoms with Crippen molar-refractivity contribution < 1.29 is 24.5 Å². The number of nitriles is 1. The number of hydrogen-bond acceptors (Lipinski definition) is 9. The van der Waals surface area contributed by atoms with Crippen LogP contribution in [-0.4, -0.2) is 47.5 Å². The molecular weight excluding hydrogens is 821 g/mol. The number of ether oxygens (including phenoxy) is 1. The van der Waals surface area contributed by atoms with E-state index in [4.69, 9.17) is 4.74 Å². The number of phenols is 2. The minimum atomic E-state index is -0.269. The van der Waals surface area contributed by atoms with Gasteiger partial charge in [0.2, 0.25) is 0 Å². The second-order valence-electron chi connectivity index (χ2n) is 19.7. The zero-order valence-corrected chi connectivity index (χ0v) is 42.2. The van der Waals surface area contributed by atoms with Crippen LogP contribution in [0.3, 0.4) is 0 Å². The first-order chi connectivity index (χ1) is 27.7. The molecule has 8 bridgehead atoms. The maximum Gasteiger partial charge on any atom is 0.174 e. The van der Waals surface area contributed by atoms with Crippen LogP contribution in [0.4, 0.5) is 0 Å². The molecule has 0 radical (unpaired) electrons. The topological polar surface area (TPSA) is 96.5 Å². The zero-order valence-electron chi connectivity index (χ0n) is 38.9. The third-order valence-electron chi connectivity index (χ3n) is 11.4. The standard InChI is InChI=1S/C42H49NO4S4.C8H20N/c1-39(2,3)23-15-27-35(44)28(16-23)49-30-18-25(41(7,8)9)20-32(37(30)46)51-34-22-26(42(10,11)12)21-33(38(34)47-14-13-43)50-31-19-24(40(4,5)6)17-29(48-27)36(31)45;1-5-9(6-2,7-3)8-4/h15-22,44-46H,14H2,1-12H3;5-8H2,1-4H3/q;+1/p-1. The van der Waals surface area contributed by atoms with Gasteiger partial charge in [0, 0.05) is 9.79 Å². The summed E-state index contributed by atoms with van der Waals surface area (Å²) in [4.78, 5) is 4.90. The van der Waals surface area contributed by atoms with Crippen molar-refractivity contribution in [2.45, 2.75) is 172 Å². The lowest BCUT2D eigenvalue weighted by molar-refractivity contribution is -0.921. The molecule has 60 heavy (non-hydrogen) atoms. The van der Waals surface area contributed by atoms with Crippen LogP contribution in [0.25, 0.3) is 0 Å². The molecule has 6 nitrogen and oxygen atoms in total. The fourth-order valence-electron chi connectivity index (χ4n) is 6.73. The van der Waals surface area contributed by atoms with Gasteiger partial charge in [0.25, 0.3) is 0 Å². The zero-order chi connectivity index (χ0) is 45.2. The average Bonchev–Trinajstić information content (AvgIpc) is 3.15. The summed E-state index contributed by atoms with van der Waals surface area (Å²) >= 11 is 5.31. The van der Waals surface area contributed by atoms with E-state index in [-0.39, 0.29) is 45.5 Å². The highest BCUT2D eigenvalue weighted by Gasteiger charge is 2.28. The molecule has 2 N–H and O–H groups in total. The molecule has 326 valence electrons. The molecule has 0 aliphatic carbocycles. The van der Waals surface area contributed by atoms with Crippen LogP contribution in [-0.2, 0) is 21.7 Å². The molecule has 0 saturated carbocycles. The molecular formula is C50H68N2O4S4. The van der Waals surface area contributed by atoms with Gasteiger partial charge >= 0.3 is 0 Å². The highest BCUT2D eigenvalue weighted by Crippen LogP contribution is 2.55. The average molecular weight is 889 g/mol. The fraction of sp³-hybridized carbons (Fsp3) is 0.500. The second-order valence-corrected chi connectivity index (χ2v) is 24.0. The summed E-state index contributed by atoms with van der Waals surface area (Å²) in [6.07, 6.45) is 0. The van der Waals surface area contributed by atoms with E-state index in [9.17, 15) is 20.6 Å². The van der Waals surface area contributed by atoms with Gasteiger partial charge in [0.15, 0.2) is 6.61 Å². The van der Waals surface area contributed by atoms with Crippen LogP contribution >= 0.6 is 47.0 Å². The molecule has 1 aliphatic rings. The van der Waals surface area contributed by atoms with Gasteiger partial charge in [-0.15, -0.1) is 0 Å². The number of quaternary nitrogens is 1. The summed E-state index contributed by atoms with van der Waals surface area (Å²) in [5, 5.41) is 48.0. The summed E-state index contributed by atoms with van der Waals surface area (Å²) < 4.78 is 7.49. The van der Waals surface area contributed by atoms with Crippen LogP contribution in [0, 0.1) is 11.3 Å². The van der Waals surface area contributed by atoms with Gasteiger partial charge in [0.1, 0.15) is 23.3 Å². The van der Waals surface area contributed by atoms with E-state index in [1.807, 2.05) is 36.4 Å². The molecule has 0 saturated heterocycles. The molecule has 10 heteroatoms. The quantitative estimate of drug-likeness (QED) is 0.162. The lowest BCUT2D eigenvalue weighted by Gasteiger charge is -2.34. The summed E-state index contributed by atoms with van der Waals surface area (Å²) in [5.74, 6) is 0.526. The van der Waals surface area contributed by atoms with Crippen molar-refractivity contribution in [3.63, 3.8) is 0 Å². The molecule has 0 fully saturated rings. The fourth-order valence-corrected chi connectivity index (χ4v) is 11.2. The number of phenolic OH excluding ortho intramolecular Hbond substituents is 2. The number of fused-ring (bicyclic) bond motifs is 8. The summed E-state index contributed by atoms with van der Waals surface area (Å²) in [6, 6.07) is 18.1. The van der Waals surface area contributed by atoms with Crippen LogP contribution in [0.1, 0.15) is 133 Å². The van der Waals surface area contributed by atoms with Crippen LogP contribution in [0.2, 0.25) is 0 Å². The largest absolute Gasteiger partial charge is 0.871 e. The van der Waals surface area contributed by atoms with Crippen LogP contribution in [0.15, 0.2) is 87.7 Å². The summed E-state index contributed by atoms with van der Waals surface area (Å²) in [5.41, 5.74) is 3.02. The van der Waals surface area contributed by atoms with Gasteiger partial charge in [-0.1, -0.05) is 136 Å². The third kappa shape index (κ3) is 11.7. The number of nitrogens with zero attached hydrogens (tertiary/aromatic N) is 2. The Hall–Kier alpha value is -3.07. The van der Waals surface area contributed by atoms with E-state index in [1.54, 1.807) is 0 Å². The van der Waals surface area contributed by atoms with Crippen LogP contribution in [0.5, 0.6) is 23.0 Å². The van der Waals surface area contributed by atoms with Crippen molar-refractivity contribution in [1.29, 1.82) is 5.26 Å². The molecule has 4 aromatic rings. The molecule has 0 spiro atoms. The highest BCUT2D eigenvalue weighted by molar-refractivity contribution is 8.01. The van der Waals surface area contributed by atoms with E-state index in [2.05, 4.69) is 129 Å². The Morgan fingerprint density at radius 1 is 0.500 bits per heavy atom. The van der Waals surface area contributed by atoms with Gasteiger partial charge in [-0.2, -0.15) is 5.26 Å². The Kier molecular flexibility index (Phi) is 15.8. The number of hydrogen-bond donors (Lipinski definition) is 2. The van der Waals surface area contributed by atoms with Gasteiger partial charge in [0.05, 0.1) is 55.6 Å². The maximum atomic E-state index is 14.5. The Morgan fingerprint density at radius 3 is 1.02 bits per heavy atom. The Morgan fingerprint density at radius 2 is 0.750 bits per heavy atom. The molecule has 5 rings (SSSR count). The molecule has 0 unspecified atom stereocenters. The molecule has 0 atom stereocenters. The van der Waals surface area contributed by atoms with Crippen molar-refractivity contribution in [3.8, 4) is 29.1 Å². The molecule has 0 amide bonds. The highest BCUT2D eigenvalue weighted by atomic mass is 32.2. The summed E-state index contributed by atoms with van der Waals surface area (Å²) in [7, 11) is 0. The van der Waals surface area contributed by atoms with E-state index in [1.165, 1.54) is 77.7 Å². The first-order valence-corrected chi connectivity index (χ1v) is 24.3. The maximum absolute atomic E-state index is 14.5. The molecule has 1 heterocycles. The second kappa shape index (κ2) is 19.1. The lowest BCUT2D eigenvalue weighted by Crippen LogP contribution is -2.47. The lowest BCUT2D eigenvalue weighted by atomic mass is 9.87. The molecule has 0 aromatic heterocycles. The van der Waals surface area contributed by atoms with Gasteiger partial charge in [-0.05, 0) is 120 Å². The predicted octanol–water partition coefficient (Wildman–Crippen LogP) is 14.1. The predicted molar refractivity (Wildman–Crippen MR) is 253 cm³/mol. The first-order valence-electron chi connectivity index (χ1n) is 21.1. The minimum absolute atomic E-state index is 0.0712. The van der Waals surface area contributed by atoms with Crippen molar-refractivity contribution in [2.24, 2.45) is 0 Å². The van der Waals surface area contributed by atoms with E-state index in [0.717, 1.165) is 27.1 Å². The van der Waals surface area contributed by atoms with E-state index >= 15 is 0 Å². The van der Waals surface area contributed by atoms with Crippen molar-refractivity contribution in [2.75, 3.05) is 32.8 Å². The number of rotatable bonds is 6. The SMILES string of the molecule is CC(C)(C)c1cc2c([O-])c(c1)Sc1cc(C(C)(C)C)cc(c1OCC#N)Sc1cc(C(C)(C)C)cc(c1O)Sc1cc(C(C)(C)C)cc(c1O)S2.CC[N+](CC)(CC)CC.